The zero-order valence-electron chi connectivity index (χ0n) is 11.4. The van der Waals surface area contributed by atoms with Gasteiger partial charge in [-0.2, -0.15) is 0 Å². The maximum atomic E-state index is 13.7. The molecule has 1 amide bonds. The molecule has 2 aliphatic rings. The van der Waals surface area contributed by atoms with Gasteiger partial charge in [-0.05, 0) is 37.7 Å². The van der Waals surface area contributed by atoms with Crippen molar-refractivity contribution < 1.29 is 13.6 Å². The summed E-state index contributed by atoms with van der Waals surface area (Å²) in [6.07, 6.45) is 4.44. The quantitative estimate of drug-likeness (QED) is 0.824. The molecule has 0 saturated heterocycles. The third kappa shape index (κ3) is 2.05. The fourth-order valence-electron chi connectivity index (χ4n) is 3.28. The number of nitrogens with one attached hydrogen (secondary N) is 2. The van der Waals surface area contributed by atoms with Gasteiger partial charge in [0, 0.05) is 6.07 Å². The van der Waals surface area contributed by atoms with E-state index in [4.69, 9.17) is 0 Å². The Morgan fingerprint density at radius 3 is 2.65 bits per heavy atom. The molecule has 3 rings (SSSR count). The van der Waals surface area contributed by atoms with Crippen LogP contribution in [0.25, 0.3) is 0 Å². The molecule has 1 saturated carbocycles. The number of fused-ring (bicyclic) bond motifs is 1. The predicted octanol–water partition coefficient (Wildman–Crippen LogP) is 3.67. The summed E-state index contributed by atoms with van der Waals surface area (Å²) in [6.45, 7) is 2.15. The van der Waals surface area contributed by atoms with E-state index in [1.807, 2.05) is 0 Å². The summed E-state index contributed by atoms with van der Waals surface area (Å²) in [5.74, 6) is -0.939. The molecular formula is C15H18F2N2O. The SMILES string of the molecule is CCC1CCC2(CC1)Nc1cc(F)cc(F)c1NC2=O. The minimum Gasteiger partial charge on any atom is -0.369 e. The number of amides is 1. The number of halogens is 2. The summed E-state index contributed by atoms with van der Waals surface area (Å²) < 4.78 is 27.0. The van der Waals surface area contributed by atoms with E-state index in [-0.39, 0.29) is 11.6 Å². The molecule has 1 aliphatic carbocycles. The van der Waals surface area contributed by atoms with Crippen molar-refractivity contribution in [3.05, 3.63) is 23.8 Å². The number of carbonyl (C=O) groups excluding carboxylic acids is 1. The molecule has 1 fully saturated rings. The molecule has 0 aromatic heterocycles. The third-order valence-electron chi connectivity index (χ3n) is 4.64. The highest BCUT2D eigenvalue weighted by Crippen LogP contribution is 2.42. The summed E-state index contributed by atoms with van der Waals surface area (Å²) in [6, 6.07) is 2.03. The molecule has 20 heavy (non-hydrogen) atoms. The number of hydrogen-bond acceptors (Lipinski definition) is 2. The van der Waals surface area contributed by atoms with E-state index >= 15 is 0 Å². The van der Waals surface area contributed by atoms with E-state index in [1.54, 1.807) is 0 Å². The molecule has 0 radical (unpaired) electrons. The molecule has 1 aromatic rings. The van der Waals surface area contributed by atoms with E-state index in [2.05, 4.69) is 17.6 Å². The van der Waals surface area contributed by atoms with Crippen LogP contribution in [0.2, 0.25) is 0 Å². The minimum absolute atomic E-state index is 0.0552. The smallest absolute Gasteiger partial charge is 0.250 e. The highest BCUT2D eigenvalue weighted by atomic mass is 19.1. The van der Waals surface area contributed by atoms with Gasteiger partial charge in [-0.3, -0.25) is 4.79 Å². The van der Waals surface area contributed by atoms with Gasteiger partial charge in [0.05, 0.1) is 5.69 Å². The zero-order valence-corrected chi connectivity index (χ0v) is 11.4. The molecule has 0 atom stereocenters. The summed E-state index contributed by atoms with van der Waals surface area (Å²) in [4.78, 5) is 12.3. The Bertz CT molecular complexity index is 551. The molecule has 0 bridgehead atoms. The van der Waals surface area contributed by atoms with E-state index in [1.165, 1.54) is 6.07 Å². The molecule has 1 spiro atoms. The summed E-state index contributed by atoms with van der Waals surface area (Å²) in [5.41, 5.74) is -0.310. The highest BCUT2D eigenvalue weighted by Gasteiger charge is 2.45. The van der Waals surface area contributed by atoms with Crippen molar-refractivity contribution in [1.82, 2.24) is 0 Å². The Labute approximate surface area is 116 Å². The molecule has 2 N–H and O–H groups in total. The Balaban J connectivity index is 1.91. The van der Waals surface area contributed by atoms with E-state index in [0.29, 0.717) is 24.4 Å². The molecule has 3 nitrogen and oxygen atoms in total. The van der Waals surface area contributed by atoms with E-state index in [9.17, 15) is 13.6 Å². The third-order valence-corrected chi connectivity index (χ3v) is 4.64. The largest absolute Gasteiger partial charge is 0.369 e. The Morgan fingerprint density at radius 1 is 1.30 bits per heavy atom. The van der Waals surface area contributed by atoms with Gasteiger partial charge in [0.15, 0.2) is 5.82 Å². The molecule has 108 valence electrons. The van der Waals surface area contributed by atoms with Crippen molar-refractivity contribution in [2.75, 3.05) is 10.6 Å². The van der Waals surface area contributed by atoms with Gasteiger partial charge >= 0.3 is 0 Å². The van der Waals surface area contributed by atoms with Crippen molar-refractivity contribution in [3.63, 3.8) is 0 Å². The van der Waals surface area contributed by atoms with Gasteiger partial charge in [-0.25, -0.2) is 8.78 Å². The zero-order chi connectivity index (χ0) is 14.3. The molecule has 5 heteroatoms. The number of benzene rings is 1. The number of carbonyl (C=O) groups is 1. The lowest BCUT2D eigenvalue weighted by molar-refractivity contribution is -0.121. The van der Waals surface area contributed by atoms with Crippen LogP contribution in [0.15, 0.2) is 12.1 Å². The predicted molar refractivity (Wildman–Crippen MR) is 73.6 cm³/mol. The van der Waals surface area contributed by atoms with Crippen LogP contribution in [-0.4, -0.2) is 11.4 Å². The number of rotatable bonds is 1. The second-order valence-corrected chi connectivity index (χ2v) is 5.82. The van der Waals surface area contributed by atoms with Crippen LogP contribution in [0.5, 0.6) is 0 Å². The minimum atomic E-state index is -0.738. The van der Waals surface area contributed by atoms with Crippen molar-refractivity contribution >= 4 is 17.3 Å². The molecule has 1 aliphatic heterocycles. The fourth-order valence-corrected chi connectivity index (χ4v) is 3.28. The first-order chi connectivity index (χ1) is 9.54. The lowest BCUT2D eigenvalue weighted by Crippen LogP contribution is -2.54. The first-order valence-electron chi connectivity index (χ1n) is 7.13. The Hall–Kier alpha value is -1.65. The Kier molecular flexibility index (Phi) is 3.15. The van der Waals surface area contributed by atoms with E-state index in [0.717, 1.165) is 25.3 Å². The van der Waals surface area contributed by atoms with Crippen molar-refractivity contribution in [2.24, 2.45) is 5.92 Å². The van der Waals surface area contributed by atoms with Gasteiger partial charge in [0.25, 0.3) is 0 Å². The second-order valence-electron chi connectivity index (χ2n) is 5.82. The van der Waals surface area contributed by atoms with Gasteiger partial charge in [0.2, 0.25) is 5.91 Å². The summed E-state index contributed by atoms with van der Waals surface area (Å²) in [5, 5.41) is 5.70. The maximum Gasteiger partial charge on any atom is 0.250 e. The lowest BCUT2D eigenvalue weighted by atomic mass is 9.74. The molecule has 1 aromatic carbocycles. The topological polar surface area (TPSA) is 41.1 Å². The first kappa shape index (κ1) is 13.3. The van der Waals surface area contributed by atoms with Crippen LogP contribution in [0.3, 0.4) is 0 Å². The monoisotopic (exact) mass is 280 g/mol. The van der Waals surface area contributed by atoms with Crippen LogP contribution in [0.4, 0.5) is 20.2 Å². The second kappa shape index (κ2) is 4.72. The van der Waals surface area contributed by atoms with Crippen molar-refractivity contribution in [2.45, 2.75) is 44.6 Å². The normalized spacial score (nSPS) is 28.8. The first-order valence-corrected chi connectivity index (χ1v) is 7.13. The average Bonchev–Trinajstić information content (AvgIpc) is 2.42. The number of anilines is 2. The molecule has 1 heterocycles. The van der Waals surface area contributed by atoms with Gasteiger partial charge in [-0.15, -0.1) is 0 Å². The highest BCUT2D eigenvalue weighted by molar-refractivity contribution is 6.06. The van der Waals surface area contributed by atoms with Crippen LogP contribution in [0.1, 0.15) is 39.0 Å². The van der Waals surface area contributed by atoms with Gasteiger partial charge < -0.3 is 10.6 Å². The molecule has 0 unspecified atom stereocenters. The standard InChI is InChI=1S/C15H18F2N2O/c1-2-9-3-5-15(6-4-9)14(20)18-13-11(17)7-10(16)8-12(13)19-15/h7-9,19H,2-6H2,1H3,(H,18,20). The summed E-state index contributed by atoms with van der Waals surface area (Å²) >= 11 is 0. The summed E-state index contributed by atoms with van der Waals surface area (Å²) in [7, 11) is 0. The van der Waals surface area contributed by atoms with Crippen LogP contribution in [-0.2, 0) is 4.79 Å². The Morgan fingerprint density at radius 2 is 2.00 bits per heavy atom. The fraction of sp³-hybridized carbons (Fsp3) is 0.533. The van der Waals surface area contributed by atoms with E-state index < -0.39 is 17.2 Å². The van der Waals surface area contributed by atoms with Gasteiger partial charge in [0.1, 0.15) is 17.0 Å². The average molecular weight is 280 g/mol. The van der Waals surface area contributed by atoms with Gasteiger partial charge in [-0.1, -0.05) is 13.3 Å². The van der Waals surface area contributed by atoms with Crippen molar-refractivity contribution in [1.29, 1.82) is 0 Å². The maximum absolute atomic E-state index is 13.7. The van der Waals surface area contributed by atoms with Crippen molar-refractivity contribution in [3.8, 4) is 0 Å². The van der Waals surface area contributed by atoms with Crippen LogP contribution >= 0.6 is 0 Å². The number of hydrogen-bond donors (Lipinski definition) is 2. The lowest BCUT2D eigenvalue weighted by Gasteiger charge is -2.43. The van der Waals surface area contributed by atoms with Crippen LogP contribution < -0.4 is 10.6 Å². The van der Waals surface area contributed by atoms with Crippen LogP contribution in [0, 0.1) is 17.6 Å². The molecular weight excluding hydrogens is 262 g/mol.